The molecule has 0 aliphatic heterocycles. The number of rotatable bonds is 4. The highest BCUT2D eigenvalue weighted by Crippen LogP contribution is 2.16. The zero-order chi connectivity index (χ0) is 9.52. The Morgan fingerprint density at radius 1 is 1.38 bits per heavy atom. The van der Waals surface area contributed by atoms with Crippen LogP contribution < -0.4 is 5.43 Å². The van der Waals surface area contributed by atoms with Gasteiger partial charge in [0.25, 0.3) is 0 Å². The predicted octanol–water partition coefficient (Wildman–Crippen LogP) is 2.35. The summed E-state index contributed by atoms with van der Waals surface area (Å²) in [6.45, 7) is 2.15. The first-order valence-corrected chi connectivity index (χ1v) is 5.28. The fraction of sp³-hybridized carbons (Fsp3) is 0.300. The van der Waals surface area contributed by atoms with E-state index in [2.05, 4.69) is 41.7 Å². The summed E-state index contributed by atoms with van der Waals surface area (Å²) in [7, 11) is 1.79. The predicted molar refractivity (Wildman–Crippen MR) is 59.5 cm³/mol. The molecule has 1 N–H and O–H groups in total. The molecule has 0 radical (unpaired) electrons. The second kappa shape index (κ2) is 5.65. The van der Waals surface area contributed by atoms with Crippen molar-refractivity contribution in [1.29, 1.82) is 0 Å². The number of hydrogen-bond donors (Lipinski definition) is 1. The van der Waals surface area contributed by atoms with E-state index >= 15 is 0 Å². The van der Waals surface area contributed by atoms with Gasteiger partial charge in [-0.05, 0) is 23.4 Å². The summed E-state index contributed by atoms with van der Waals surface area (Å²) in [5.41, 5.74) is 3.84. The van der Waals surface area contributed by atoms with Crippen molar-refractivity contribution in [2.45, 2.75) is 11.8 Å². The highest BCUT2D eigenvalue weighted by atomic mass is 32.2. The molecule has 3 heteroatoms. The molecule has 0 spiro atoms. The molecule has 13 heavy (non-hydrogen) atoms. The molecule has 0 heterocycles. The quantitative estimate of drug-likeness (QED) is 0.452. The fourth-order valence-corrected chi connectivity index (χ4v) is 1.62. The number of nitrogens with one attached hydrogen (secondary N) is 1. The van der Waals surface area contributed by atoms with Crippen molar-refractivity contribution in [2.24, 2.45) is 5.10 Å². The molecule has 0 aliphatic rings. The van der Waals surface area contributed by atoms with Crippen LogP contribution in [0, 0.1) is 0 Å². The van der Waals surface area contributed by atoms with Gasteiger partial charge in [0, 0.05) is 11.9 Å². The smallest absolute Gasteiger partial charge is 0.0540 e. The highest BCUT2D eigenvalue weighted by Gasteiger charge is 1.91. The molecular formula is C10H14N2S. The zero-order valence-electron chi connectivity index (χ0n) is 7.95. The lowest BCUT2D eigenvalue weighted by molar-refractivity contribution is 0.908. The molecule has 0 atom stereocenters. The lowest BCUT2D eigenvalue weighted by atomic mass is 10.2. The molecule has 0 unspecified atom stereocenters. The summed E-state index contributed by atoms with van der Waals surface area (Å²) in [6, 6.07) is 8.37. The van der Waals surface area contributed by atoms with Gasteiger partial charge in [-0.1, -0.05) is 19.1 Å². The van der Waals surface area contributed by atoms with Crippen LogP contribution >= 0.6 is 11.8 Å². The van der Waals surface area contributed by atoms with Crippen molar-refractivity contribution in [3.8, 4) is 0 Å². The summed E-state index contributed by atoms with van der Waals surface area (Å²) < 4.78 is 0. The molecule has 1 rings (SSSR count). The van der Waals surface area contributed by atoms with E-state index in [0.717, 1.165) is 11.3 Å². The molecule has 0 amide bonds. The third-order valence-corrected chi connectivity index (χ3v) is 2.43. The van der Waals surface area contributed by atoms with Crippen LogP contribution in [0.5, 0.6) is 0 Å². The highest BCUT2D eigenvalue weighted by molar-refractivity contribution is 7.99. The van der Waals surface area contributed by atoms with Crippen molar-refractivity contribution >= 4 is 18.0 Å². The minimum absolute atomic E-state index is 1.12. The van der Waals surface area contributed by atoms with Crippen LogP contribution in [0.2, 0.25) is 0 Å². The summed E-state index contributed by atoms with van der Waals surface area (Å²) in [5, 5.41) is 3.94. The van der Waals surface area contributed by atoms with Crippen LogP contribution in [0.15, 0.2) is 34.3 Å². The Morgan fingerprint density at radius 3 is 2.62 bits per heavy atom. The van der Waals surface area contributed by atoms with Gasteiger partial charge < -0.3 is 5.43 Å². The van der Waals surface area contributed by atoms with Gasteiger partial charge in [-0.25, -0.2) is 0 Å². The van der Waals surface area contributed by atoms with Crippen LogP contribution in [0.4, 0.5) is 0 Å². The molecule has 0 aromatic heterocycles. The van der Waals surface area contributed by atoms with Crippen molar-refractivity contribution in [1.82, 2.24) is 5.43 Å². The Hall–Kier alpha value is -0.960. The lowest BCUT2D eigenvalue weighted by Crippen LogP contribution is -1.94. The van der Waals surface area contributed by atoms with Crippen molar-refractivity contribution in [2.75, 3.05) is 12.8 Å². The maximum absolute atomic E-state index is 3.94. The van der Waals surface area contributed by atoms with Crippen molar-refractivity contribution in [3.63, 3.8) is 0 Å². The first-order chi connectivity index (χ1) is 6.36. The Balaban J connectivity index is 2.64. The number of nitrogens with zero attached hydrogens (tertiary/aromatic N) is 1. The molecule has 0 bridgehead atoms. The van der Waals surface area contributed by atoms with Crippen molar-refractivity contribution < 1.29 is 0 Å². The molecule has 1 aromatic rings. The van der Waals surface area contributed by atoms with Gasteiger partial charge in [-0.3, -0.25) is 0 Å². The van der Waals surface area contributed by atoms with E-state index in [-0.39, 0.29) is 0 Å². The molecule has 70 valence electrons. The summed E-state index contributed by atoms with van der Waals surface area (Å²) >= 11 is 1.85. The minimum atomic E-state index is 1.12. The fourth-order valence-electron chi connectivity index (χ4n) is 0.956. The summed E-state index contributed by atoms with van der Waals surface area (Å²) in [5.74, 6) is 1.12. The molecule has 1 aromatic carbocycles. The molecule has 0 aliphatic carbocycles. The second-order valence-electron chi connectivity index (χ2n) is 2.48. The SMILES string of the molecule is CCSc1ccc(C=NNC)cc1. The Kier molecular flexibility index (Phi) is 4.40. The topological polar surface area (TPSA) is 24.4 Å². The van der Waals surface area contributed by atoms with E-state index in [4.69, 9.17) is 0 Å². The van der Waals surface area contributed by atoms with Gasteiger partial charge in [-0.2, -0.15) is 5.10 Å². The Morgan fingerprint density at radius 2 is 2.08 bits per heavy atom. The molecule has 0 fully saturated rings. The van der Waals surface area contributed by atoms with Gasteiger partial charge >= 0.3 is 0 Å². The van der Waals surface area contributed by atoms with E-state index in [1.165, 1.54) is 4.90 Å². The van der Waals surface area contributed by atoms with Crippen LogP contribution in [-0.2, 0) is 0 Å². The molecule has 2 nitrogen and oxygen atoms in total. The monoisotopic (exact) mass is 194 g/mol. The van der Waals surface area contributed by atoms with Gasteiger partial charge in [0.15, 0.2) is 0 Å². The van der Waals surface area contributed by atoms with Crippen LogP contribution in [0.1, 0.15) is 12.5 Å². The molecular weight excluding hydrogens is 180 g/mol. The maximum Gasteiger partial charge on any atom is 0.0540 e. The number of thioether (sulfide) groups is 1. The number of hydrogen-bond acceptors (Lipinski definition) is 3. The van der Waals surface area contributed by atoms with Gasteiger partial charge in [0.1, 0.15) is 0 Å². The van der Waals surface area contributed by atoms with E-state index in [1.807, 2.05) is 11.8 Å². The Labute approximate surface area is 83.4 Å². The maximum atomic E-state index is 3.94. The van der Waals surface area contributed by atoms with Gasteiger partial charge in [0.05, 0.1) is 6.21 Å². The normalized spacial score (nSPS) is 10.6. The zero-order valence-corrected chi connectivity index (χ0v) is 8.77. The number of benzene rings is 1. The average Bonchev–Trinajstić information content (AvgIpc) is 2.17. The molecule has 0 saturated carbocycles. The summed E-state index contributed by atoms with van der Waals surface area (Å²) in [6.07, 6.45) is 1.81. The van der Waals surface area contributed by atoms with Crippen LogP contribution in [-0.4, -0.2) is 19.0 Å². The third-order valence-electron chi connectivity index (χ3n) is 1.53. The first kappa shape index (κ1) is 10.1. The summed E-state index contributed by atoms with van der Waals surface area (Å²) in [4.78, 5) is 1.31. The molecule has 0 saturated heterocycles. The number of hydrazone groups is 1. The second-order valence-corrected chi connectivity index (χ2v) is 3.82. The first-order valence-electron chi connectivity index (χ1n) is 4.29. The van der Waals surface area contributed by atoms with E-state index in [1.54, 1.807) is 13.3 Å². The third kappa shape index (κ3) is 3.51. The minimum Gasteiger partial charge on any atom is -0.313 e. The standard InChI is InChI=1S/C10H14N2S/c1-3-13-10-6-4-9(5-7-10)8-12-11-2/h4-8,11H,3H2,1-2H3. The van der Waals surface area contributed by atoms with E-state index in [0.29, 0.717) is 0 Å². The van der Waals surface area contributed by atoms with Crippen molar-refractivity contribution in [3.05, 3.63) is 29.8 Å². The van der Waals surface area contributed by atoms with Crippen LogP contribution in [0.3, 0.4) is 0 Å². The van der Waals surface area contributed by atoms with E-state index in [9.17, 15) is 0 Å². The largest absolute Gasteiger partial charge is 0.313 e. The van der Waals surface area contributed by atoms with Gasteiger partial charge in [-0.15, -0.1) is 11.8 Å². The van der Waals surface area contributed by atoms with Crippen LogP contribution in [0.25, 0.3) is 0 Å². The lowest BCUT2D eigenvalue weighted by Gasteiger charge is -1.98. The Bertz CT molecular complexity index is 267. The van der Waals surface area contributed by atoms with E-state index < -0.39 is 0 Å². The van der Waals surface area contributed by atoms with Gasteiger partial charge in [0.2, 0.25) is 0 Å². The average molecular weight is 194 g/mol.